The van der Waals surface area contributed by atoms with E-state index in [1.165, 1.54) is 23.3 Å². The number of hydrogen-bond acceptors (Lipinski definition) is 5. The van der Waals surface area contributed by atoms with Crippen LogP contribution >= 0.6 is 0 Å². The lowest BCUT2D eigenvalue weighted by Gasteiger charge is -2.16. The number of aryl methyl sites for hydroxylation is 2. The molecule has 4 aromatic rings. The molecule has 2 aliphatic heterocycles. The third-order valence-electron chi connectivity index (χ3n) is 6.15. The van der Waals surface area contributed by atoms with Crippen molar-refractivity contribution >= 4 is 5.65 Å². The number of hydrogen-bond donors (Lipinski definition) is 0. The van der Waals surface area contributed by atoms with Crippen LogP contribution in [0.4, 0.5) is 13.2 Å². The molecule has 0 bridgehead atoms. The summed E-state index contributed by atoms with van der Waals surface area (Å²) in [7, 11) is 1.59. The predicted molar refractivity (Wildman–Crippen MR) is 108 cm³/mol. The monoisotopic (exact) mass is 441 g/mol. The van der Waals surface area contributed by atoms with Crippen LogP contribution < -0.4 is 9.47 Å². The number of alkyl halides is 2. The van der Waals surface area contributed by atoms with Gasteiger partial charge in [-0.05, 0) is 36.6 Å². The molecule has 0 saturated carbocycles. The summed E-state index contributed by atoms with van der Waals surface area (Å²) in [5.74, 6) is 0.832. The average Bonchev–Trinajstić information content (AvgIpc) is 3.49. The Kier molecular flexibility index (Phi) is 4.17. The van der Waals surface area contributed by atoms with E-state index >= 15 is 0 Å². The lowest BCUT2D eigenvalue weighted by atomic mass is 9.93. The first-order chi connectivity index (χ1) is 15.5. The number of nitrogens with zero attached hydrogens (tertiary/aromatic N) is 5. The van der Waals surface area contributed by atoms with Gasteiger partial charge in [0.1, 0.15) is 29.3 Å². The molecule has 1 aromatic carbocycles. The molecule has 10 heteroatoms. The van der Waals surface area contributed by atoms with Gasteiger partial charge in [0.2, 0.25) is 0 Å². The molecule has 0 radical (unpaired) electrons. The Morgan fingerprint density at radius 3 is 2.72 bits per heavy atom. The molecule has 32 heavy (non-hydrogen) atoms. The fraction of sp³-hybridized carbons (Fsp3) is 0.318. The fourth-order valence-corrected chi connectivity index (χ4v) is 4.74. The standard InChI is InChI=1S/C22H18F3N5O2/c1-29-7-14(20(28-29)21(24)25)13-6-18-16(30-10-26-27-22(13)30)4-2-12-15(23)3-5-17-19(12)11(8-31-17)9-32-18/h3,5-7,10-11,21H,2,4,8-9H2,1H3/t11-/m1/s1. The average molecular weight is 441 g/mol. The zero-order valence-electron chi connectivity index (χ0n) is 17.1. The van der Waals surface area contributed by atoms with Crippen LogP contribution in [0, 0.1) is 5.82 Å². The molecule has 6 rings (SSSR count). The Bertz CT molecular complexity index is 1360. The number of aromatic nitrogens is 5. The van der Waals surface area contributed by atoms with E-state index in [0.29, 0.717) is 47.7 Å². The summed E-state index contributed by atoms with van der Waals surface area (Å²) >= 11 is 0. The molecule has 0 fully saturated rings. The zero-order chi connectivity index (χ0) is 22.0. The number of halogens is 3. The van der Waals surface area contributed by atoms with Crippen LogP contribution in [0.5, 0.6) is 11.5 Å². The smallest absolute Gasteiger partial charge is 0.282 e. The van der Waals surface area contributed by atoms with Gasteiger partial charge in [-0.15, -0.1) is 10.2 Å². The quantitative estimate of drug-likeness (QED) is 0.473. The lowest BCUT2D eigenvalue weighted by Crippen LogP contribution is -2.13. The van der Waals surface area contributed by atoms with Crippen LogP contribution in [0.3, 0.4) is 0 Å². The van der Waals surface area contributed by atoms with E-state index < -0.39 is 6.43 Å². The van der Waals surface area contributed by atoms with Crippen LogP contribution in [0.2, 0.25) is 0 Å². The summed E-state index contributed by atoms with van der Waals surface area (Å²) in [4.78, 5) is 0. The van der Waals surface area contributed by atoms with Crippen molar-refractivity contribution < 1.29 is 22.6 Å². The van der Waals surface area contributed by atoms with Crippen molar-refractivity contribution in [2.75, 3.05) is 13.2 Å². The first kappa shape index (κ1) is 19.1. The first-order valence-corrected chi connectivity index (χ1v) is 10.3. The summed E-state index contributed by atoms with van der Waals surface area (Å²) in [6, 6.07) is 4.80. The first-order valence-electron chi connectivity index (χ1n) is 10.3. The number of pyridine rings is 1. The normalized spacial score (nSPS) is 17.3. The molecule has 3 aromatic heterocycles. The summed E-state index contributed by atoms with van der Waals surface area (Å²) < 4.78 is 57.1. The largest absolute Gasteiger partial charge is 0.493 e. The maximum absolute atomic E-state index is 14.7. The summed E-state index contributed by atoms with van der Waals surface area (Å²) in [5, 5.41) is 12.1. The Labute approximate surface area is 180 Å². The molecule has 5 heterocycles. The zero-order valence-corrected chi connectivity index (χ0v) is 17.1. The maximum Gasteiger partial charge on any atom is 0.282 e. The minimum absolute atomic E-state index is 0.114. The van der Waals surface area contributed by atoms with Crippen molar-refractivity contribution in [3.63, 3.8) is 0 Å². The van der Waals surface area contributed by atoms with E-state index in [2.05, 4.69) is 15.3 Å². The molecule has 0 saturated heterocycles. The van der Waals surface area contributed by atoms with Gasteiger partial charge in [0, 0.05) is 29.9 Å². The second-order valence-corrected chi connectivity index (χ2v) is 8.05. The van der Waals surface area contributed by atoms with E-state index in [1.807, 2.05) is 0 Å². The van der Waals surface area contributed by atoms with Gasteiger partial charge in [-0.2, -0.15) is 5.10 Å². The van der Waals surface area contributed by atoms with Crippen molar-refractivity contribution in [2.45, 2.75) is 25.2 Å². The van der Waals surface area contributed by atoms with Crippen LogP contribution in [0.25, 0.3) is 16.8 Å². The highest BCUT2D eigenvalue weighted by Gasteiger charge is 2.32. The molecule has 164 valence electrons. The van der Waals surface area contributed by atoms with E-state index in [-0.39, 0.29) is 29.6 Å². The fourth-order valence-electron chi connectivity index (χ4n) is 4.74. The van der Waals surface area contributed by atoms with E-state index in [9.17, 15) is 13.2 Å². The molecule has 0 aliphatic carbocycles. The molecule has 1 atom stereocenters. The highest BCUT2D eigenvalue weighted by atomic mass is 19.3. The van der Waals surface area contributed by atoms with Gasteiger partial charge in [0.25, 0.3) is 6.43 Å². The van der Waals surface area contributed by atoms with E-state index in [1.54, 1.807) is 23.6 Å². The van der Waals surface area contributed by atoms with Crippen molar-refractivity contribution in [1.29, 1.82) is 0 Å². The van der Waals surface area contributed by atoms with Crippen molar-refractivity contribution in [1.82, 2.24) is 24.4 Å². The second kappa shape index (κ2) is 6.98. The lowest BCUT2D eigenvalue weighted by molar-refractivity contribution is 0.146. The van der Waals surface area contributed by atoms with E-state index in [4.69, 9.17) is 9.47 Å². The third-order valence-corrected chi connectivity index (χ3v) is 6.15. The van der Waals surface area contributed by atoms with Crippen molar-refractivity contribution in [2.24, 2.45) is 7.05 Å². The van der Waals surface area contributed by atoms with E-state index in [0.717, 1.165) is 11.3 Å². The second-order valence-electron chi connectivity index (χ2n) is 8.05. The number of rotatable bonds is 2. The van der Waals surface area contributed by atoms with Gasteiger partial charge in [-0.1, -0.05) is 0 Å². The molecule has 0 amide bonds. The Morgan fingerprint density at radius 1 is 1.09 bits per heavy atom. The molecule has 0 unspecified atom stereocenters. The Morgan fingerprint density at radius 2 is 1.91 bits per heavy atom. The molecular weight excluding hydrogens is 423 g/mol. The summed E-state index contributed by atoms with van der Waals surface area (Å²) in [6.07, 6.45) is 1.21. The maximum atomic E-state index is 14.7. The van der Waals surface area contributed by atoms with Gasteiger partial charge in [0.05, 0.1) is 24.8 Å². The van der Waals surface area contributed by atoms with Crippen molar-refractivity contribution in [3.05, 3.63) is 59.1 Å². The summed E-state index contributed by atoms with van der Waals surface area (Å²) in [5.41, 5.74) is 3.05. The van der Waals surface area contributed by atoms with Gasteiger partial charge >= 0.3 is 0 Å². The molecule has 0 spiro atoms. The number of benzene rings is 1. The molecular formula is C22H18F3N5O2. The topological polar surface area (TPSA) is 66.5 Å². The van der Waals surface area contributed by atoms with Crippen LogP contribution in [0.15, 0.2) is 30.7 Å². The molecule has 7 nitrogen and oxygen atoms in total. The minimum Gasteiger partial charge on any atom is -0.493 e. The van der Waals surface area contributed by atoms with Gasteiger partial charge in [0.15, 0.2) is 5.65 Å². The number of fused-ring (bicyclic) bond motifs is 3. The predicted octanol–water partition coefficient (Wildman–Crippen LogP) is 3.86. The molecule has 2 aliphatic rings. The van der Waals surface area contributed by atoms with Crippen LogP contribution in [-0.2, 0) is 19.9 Å². The van der Waals surface area contributed by atoms with Gasteiger partial charge in [-0.25, -0.2) is 13.2 Å². The SMILES string of the molecule is Cn1cc(-c2cc3c(n4cnnc24)CCc2c(F)ccc4c2[C@H](CO4)CO3)c(C(F)F)n1. The highest BCUT2D eigenvalue weighted by Crippen LogP contribution is 2.42. The highest BCUT2D eigenvalue weighted by molar-refractivity contribution is 5.80. The summed E-state index contributed by atoms with van der Waals surface area (Å²) in [6.45, 7) is 0.680. The molecule has 0 N–H and O–H groups in total. The third kappa shape index (κ3) is 2.78. The Balaban J connectivity index is 1.53. The van der Waals surface area contributed by atoms with Gasteiger partial charge in [-0.3, -0.25) is 9.08 Å². The van der Waals surface area contributed by atoms with Gasteiger partial charge < -0.3 is 9.47 Å². The Hall–Kier alpha value is -3.56. The van der Waals surface area contributed by atoms with Crippen molar-refractivity contribution in [3.8, 4) is 22.6 Å². The minimum atomic E-state index is -2.74. The number of ether oxygens (including phenoxy) is 2. The van der Waals surface area contributed by atoms with Crippen LogP contribution in [0.1, 0.15) is 34.9 Å². The van der Waals surface area contributed by atoms with Crippen LogP contribution in [-0.4, -0.2) is 37.6 Å².